The van der Waals surface area contributed by atoms with Crippen molar-refractivity contribution < 1.29 is 13.9 Å². The first-order valence-electron chi connectivity index (χ1n) is 4.71. The van der Waals surface area contributed by atoms with E-state index >= 15 is 0 Å². The Bertz CT molecular complexity index is 543. The first kappa shape index (κ1) is 11.0. The van der Waals surface area contributed by atoms with E-state index in [0.29, 0.717) is 0 Å². The normalized spacial score (nSPS) is 9.94. The maximum Gasteiger partial charge on any atom is 0.348 e. The Morgan fingerprint density at radius 2 is 2.12 bits per heavy atom. The van der Waals surface area contributed by atoms with Crippen molar-refractivity contribution >= 4 is 11.8 Å². The largest absolute Gasteiger partial charge is 0.404 e. The van der Waals surface area contributed by atoms with Gasteiger partial charge in [0.1, 0.15) is 17.2 Å². The van der Waals surface area contributed by atoms with Crippen molar-refractivity contribution in [3.05, 3.63) is 48.0 Å². The number of hydrogen-bond acceptors (Lipinski definition) is 5. The molecule has 6 heteroatoms. The Kier molecular flexibility index (Phi) is 2.95. The molecule has 0 saturated carbocycles. The Balaban J connectivity index is 2.17. The van der Waals surface area contributed by atoms with Crippen LogP contribution in [0.1, 0.15) is 10.4 Å². The van der Waals surface area contributed by atoms with Gasteiger partial charge in [0.25, 0.3) is 0 Å². The van der Waals surface area contributed by atoms with Crippen LogP contribution >= 0.6 is 0 Å². The van der Waals surface area contributed by atoms with Crippen molar-refractivity contribution in [2.45, 2.75) is 0 Å². The molecule has 2 aromatic heterocycles. The molecule has 0 aliphatic heterocycles. The quantitative estimate of drug-likeness (QED) is 0.793. The van der Waals surface area contributed by atoms with Gasteiger partial charge in [-0.2, -0.15) is 0 Å². The molecule has 17 heavy (non-hydrogen) atoms. The summed E-state index contributed by atoms with van der Waals surface area (Å²) in [7, 11) is 0. The standard InChI is InChI=1S/C11H8FN3O2/c12-7-3-4-9(15-6-7)17-11(16)8-2-1-5-14-10(8)13/h1-6H,(H2,13,14). The van der Waals surface area contributed by atoms with Gasteiger partial charge in [0.2, 0.25) is 5.88 Å². The van der Waals surface area contributed by atoms with Gasteiger partial charge in [-0.05, 0) is 18.2 Å². The molecule has 0 aliphatic rings. The zero-order valence-electron chi connectivity index (χ0n) is 8.63. The summed E-state index contributed by atoms with van der Waals surface area (Å²) in [6.45, 7) is 0. The lowest BCUT2D eigenvalue weighted by molar-refractivity contribution is 0.0728. The van der Waals surface area contributed by atoms with Gasteiger partial charge in [0.05, 0.1) is 6.20 Å². The van der Waals surface area contributed by atoms with Crippen molar-refractivity contribution in [1.82, 2.24) is 9.97 Å². The van der Waals surface area contributed by atoms with E-state index in [1.807, 2.05) is 0 Å². The smallest absolute Gasteiger partial charge is 0.348 e. The Labute approximate surface area is 96.1 Å². The maximum absolute atomic E-state index is 12.6. The molecule has 5 nitrogen and oxygen atoms in total. The number of nitrogen functional groups attached to an aromatic ring is 1. The van der Waals surface area contributed by atoms with Gasteiger partial charge >= 0.3 is 5.97 Å². The average Bonchev–Trinajstić information content (AvgIpc) is 2.32. The van der Waals surface area contributed by atoms with Gasteiger partial charge in [0.15, 0.2) is 0 Å². The Morgan fingerprint density at radius 3 is 2.76 bits per heavy atom. The predicted molar refractivity (Wildman–Crippen MR) is 57.8 cm³/mol. The van der Waals surface area contributed by atoms with Crippen LogP contribution < -0.4 is 10.5 Å². The summed E-state index contributed by atoms with van der Waals surface area (Å²) in [6.07, 6.45) is 2.41. The molecule has 0 bridgehead atoms. The highest BCUT2D eigenvalue weighted by molar-refractivity contribution is 5.95. The van der Waals surface area contributed by atoms with E-state index in [0.717, 1.165) is 12.3 Å². The lowest BCUT2D eigenvalue weighted by atomic mass is 10.2. The first-order valence-corrected chi connectivity index (χ1v) is 4.71. The van der Waals surface area contributed by atoms with E-state index in [-0.39, 0.29) is 17.3 Å². The third kappa shape index (κ3) is 2.54. The number of nitrogens with zero attached hydrogens (tertiary/aromatic N) is 2. The number of ether oxygens (including phenoxy) is 1. The third-order valence-electron chi connectivity index (χ3n) is 1.96. The monoisotopic (exact) mass is 233 g/mol. The van der Waals surface area contributed by atoms with Gasteiger partial charge in [-0.25, -0.2) is 19.2 Å². The topological polar surface area (TPSA) is 78.1 Å². The molecule has 0 amide bonds. The number of pyridine rings is 2. The lowest BCUT2D eigenvalue weighted by Crippen LogP contribution is -2.12. The van der Waals surface area contributed by atoms with Crippen LogP contribution in [0.2, 0.25) is 0 Å². The third-order valence-corrected chi connectivity index (χ3v) is 1.96. The van der Waals surface area contributed by atoms with Crippen LogP contribution in [-0.4, -0.2) is 15.9 Å². The Morgan fingerprint density at radius 1 is 1.29 bits per heavy atom. The molecule has 0 unspecified atom stereocenters. The molecular weight excluding hydrogens is 225 g/mol. The molecule has 0 atom stereocenters. The summed E-state index contributed by atoms with van der Waals surface area (Å²) in [5.74, 6) is -1.13. The van der Waals surface area contributed by atoms with Crippen LogP contribution in [0, 0.1) is 5.82 Å². The molecule has 2 rings (SSSR count). The number of nitrogens with two attached hydrogens (primary N) is 1. The minimum atomic E-state index is -0.685. The fourth-order valence-corrected chi connectivity index (χ4v) is 1.16. The molecule has 2 heterocycles. The highest BCUT2D eigenvalue weighted by atomic mass is 19.1. The van der Waals surface area contributed by atoms with Crippen LogP contribution in [-0.2, 0) is 0 Å². The highest BCUT2D eigenvalue weighted by Crippen LogP contribution is 2.12. The summed E-state index contributed by atoms with van der Waals surface area (Å²) in [6, 6.07) is 5.43. The number of halogens is 1. The van der Waals surface area contributed by atoms with Crippen molar-refractivity contribution in [2.24, 2.45) is 0 Å². The molecule has 86 valence electrons. The lowest BCUT2D eigenvalue weighted by Gasteiger charge is -2.04. The highest BCUT2D eigenvalue weighted by Gasteiger charge is 2.13. The molecule has 0 radical (unpaired) electrons. The number of carbonyl (C=O) groups excluding carboxylic acids is 1. The van der Waals surface area contributed by atoms with Crippen LogP contribution in [0.5, 0.6) is 5.88 Å². The van der Waals surface area contributed by atoms with Gasteiger partial charge in [-0.3, -0.25) is 0 Å². The van der Waals surface area contributed by atoms with Gasteiger partial charge in [0, 0.05) is 12.3 Å². The number of aromatic nitrogens is 2. The maximum atomic E-state index is 12.6. The molecule has 0 spiro atoms. The predicted octanol–water partition coefficient (Wildman–Crippen LogP) is 1.42. The van der Waals surface area contributed by atoms with E-state index < -0.39 is 11.8 Å². The van der Waals surface area contributed by atoms with E-state index in [1.165, 1.54) is 18.3 Å². The van der Waals surface area contributed by atoms with Crippen molar-refractivity contribution in [3.8, 4) is 5.88 Å². The number of rotatable bonds is 2. The summed E-state index contributed by atoms with van der Waals surface area (Å²) in [5, 5.41) is 0. The van der Waals surface area contributed by atoms with E-state index in [1.54, 1.807) is 6.07 Å². The molecule has 0 aromatic carbocycles. The van der Waals surface area contributed by atoms with Crippen molar-refractivity contribution in [3.63, 3.8) is 0 Å². The number of carbonyl (C=O) groups is 1. The molecular formula is C11H8FN3O2. The second-order valence-corrected chi connectivity index (χ2v) is 3.14. The fraction of sp³-hybridized carbons (Fsp3) is 0. The van der Waals surface area contributed by atoms with Crippen molar-refractivity contribution in [2.75, 3.05) is 5.73 Å². The summed E-state index contributed by atoms with van der Waals surface area (Å²) >= 11 is 0. The van der Waals surface area contributed by atoms with E-state index in [9.17, 15) is 9.18 Å². The number of anilines is 1. The molecule has 0 fully saturated rings. The molecule has 0 aliphatic carbocycles. The first-order chi connectivity index (χ1) is 8.16. The van der Waals surface area contributed by atoms with Crippen LogP contribution in [0.3, 0.4) is 0 Å². The van der Waals surface area contributed by atoms with Crippen LogP contribution in [0.25, 0.3) is 0 Å². The van der Waals surface area contributed by atoms with Gasteiger partial charge in [-0.15, -0.1) is 0 Å². The van der Waals surface area contributed by atoms with Crippen LogP contribution in [0.15, 0.2) is 36.7 Å². The van der Waals surface area contributed by atoms with Crippen LogP contribution in [0.4, 0.5) is 10.2 Å². The van der Waals surface area contributed by atoms with Gasteiger partial charge in [-0.1, -0.05) is 0 Å². The molecule has 0 saturated heterocycles. The van der Waals surface area contributed by atoms with E-state index in [4.69, 9.17) is 10.5 Å². The SMILES string of the molecule is Nc1ncccc1C(=O)Oc1ccc(F)cn1. The summed E-state index contributed by atoms with van der Waals surface area (Å²) < 4.78 is 17.5. The van der Waals surface area contributed by atoms with Crippen molar-refractivity contribution in [1.29, 1.82) is 0 Å². The average molecular weight is 233 g/mol. The minimum Gasteiger partial charge on any atom is -0.404 e. The zero-order chi connectivity index (χ0) is 12.3. The minimum absolute atomic E-state index is 0.000321. The summed E-state index contributed by atoms with van der Waals surface area (Å²) in [4.78, 5) is 19.0. The Hall–Kier alpha value is -2.50. The number of esters is 1. The second kappa shape index (κ2) is 4.56. The molecule has 2 aromatic rings. The summed E-state index contributed by atoms with van der Waals surface area (Å²) in [5.41, 5.74) is 5.64. The zero-order valence-corrected chi connectivity index (χ0v) is 8.63. The molecule has 2 N–H and O–H groups in total. The van der Waals surface area contributed by atoms with E-state index in [2.05, 4.69) is 9.97 Å². The number of hydrogen-bond donors (Lipinski definition) is 1. The van der Waals surface area contributed by atoms with Gasteiger partial charge < -0.3 is 10.5 Å². The fourth-order valence-electron chi connectivity index (χ4n) is 1.16. The second-order valence-electron chi connectivity index (χ2n) is 3.14.